The second-order valence-electron chi connectivity index (χ2n) is 5.26. The molecule has 5 nitrogen and oxygen atoms in total. The Balaban J connectivity index is 2.38. The van der Waals surface area contributed by atoms with Crippen LogP contribution in [0.2, 0.25) is 0 Å². The lowest BCUT2D eigenvalue weighted by atomic mass is 10.2. The zero-order valence-electron chi connectivity index (χ0n) is 11.9. The molecule has 0 aromatic heterocycles. The van der Waals surface area contributed by atoms with Gasteiger partial charge in [-0.2, -0.15) is 0 Å². The molecule has 0 radical (unpaired) electrons. The van der Waals surface area contributed by atoms with Crippen molar-refractivity contribution < 1.29 is 23.9 Å². The van der Waals surface area contributed by atoms with Crippen molar-refractivity contribution in [2.45, 2.75) is 32.8 Å². The molecule has 0 fully saturated rings. The van der Waals surface area contributed by atoms with E-state index in [1.165, 1.54) is 6.07 Å². The fraction of sp³-hybridized carbons (Fsp3) is 0.500. The summed E-state index contributed by atoms with van der Waals surface area (Å²) in [6, 6.07) is 3.35. The van der Waals surface area contributed by atoms with E-state index in [4.69, 9.17) is 14.7 Å². The molecule has 1 aromatic carbocycles. The Morgan fingerprint density at radius 1 is 1.40 bits per heavy atom. The Labute approximate surface area is 117 Å². The molecule has 0 atom stereocenters. The number of nitrogens with one attached hydrogen (secondary N) is 1. The van der Waals surface area contributed by atoms with Crippen molar-refractivity contribution >= 4 is 5.97 Å². The van der Waals surface area contributed by atoms with Gasteiger partial charge < -0.3 is 9.84 Å². The molecule has 0 saturated heterocycles. The lowest BCUT2D eigenvalue weighted by Gasteiger charge is -2.19. The van der Waals surface area contributed by atoms with Crippen LogP contribution in [0.5, 0.6) is 5.75 Å². The Bertz CT molecular complexity index is 457. The van der Waals surface area contributed by atoms with Crippen LogP contribution in [-0.2, 0) is 4.84 Å². The van der Waals surface area contributed by atoms with Crippen LogP contribution >= 0.6 is 0 Å². The summed E-state index contributed by atoms with van der Waals surface area (Å²) in [6.07, 6.45) is 0.603. The smallest absolute Gasteiger partial charge is 0.339 e. The van der Waals surface area contributed by atoms with Gasteiger partial charge in [-0.05, 0) is 39.3 Å². The molecule has 2 N–H and O–H groups in total. The van der Waals surface area contributed by atoms with Gasteiger partial charge in [-0.25, -0.2) is 14.7 Å². The van der Waals surface area contributed by atoms with Gasteiger partial charge in [0.25, 0.3) is 0 Å². The molecule has 1 rings (SSSR count). The van der Waals surface area contributed by atoms with E-state index >= 15 is 0 Å². The lowest BCUT2D eigenvalue weighted by molar-refractivity contribution is -0.0732. The highest BCUT2D eigenvalue weighted by atomic mass is 19.1. The molecule has 6 heteroatoms. The zero-order chi connectivity index (χ0) is 15.2. The molecule has 0 saturated carbocycles. The average molecular weight is 285 g/mol. The normalized spacial score (nSPS) is 11.4. The van der Waals surface area contributed by atoms with E-state index in [0.717, 1.165) is 12.1 Å². The molecule has 0 aliphatic heterocycles. The first-order chi connectivity index (χ1) is 9.29. The number of carboxylic acid groups (broad SMARTS) is 1. The molecule has 0 aliphatic rings. The maximum Gasteiger partial charge on any atom is 0.339 e. The summed E-state index contributed by atoms with van der Waals surface area (Å²) in [5.74, 6) is -1.64. The fourth-order valence-electron chi connectivity index (χ4n) is 1.39. The van der Waals surface area contributed by atoms with Gasteiger partial charge in [0.2, 0.25) is 0 Å². The Kier molecular flexibility index (Phi) is 5.91. The van der Waals surface area contributed by atoms with Crippen molar-refractivity contribution in [1.82, 2.24) is 5.48 Å². The molecular weight excluding hydrogens is 265 g/mol. The minimum absolute atomic E-state index is 0.0363. The van der Waals surface area contributed by atoms with Gasteiger partial charge in [-0.15, -0.1) is 0 Å². The van der Waals surface area contributed by atoms with Crippen molar-refractivity contribution in [3.05, 3.63) is 29.6 Å². The minimum Gasteiger partial charge on any atom is -0.493 e. The number of rotatable bonds is 7. The monoisotopic (exact) mass is 285 g/mol. The third kappa shape index (κ3) is 5.99. The summed E-state index contributed by atoms with van der Waals surface area (Å²) in [4.78, 5) is 16.2. The van der Waals surface area contributed by atoms with E-state index in [1.807, 2.05) is 20.8 Å². The highest BCUT2D eigenvalue weighted by Crippen LogP contribution is 2.20. The summed E-state index contributed by atoms with van der Waals surface area (Å²) in [5.41, 5.74) is 2.46. The summed E-state index contributed by atoms with van der Waals surface area (Å²) >= 11 is 0. The van der Waals surface area contributed by atoms with Gasteiger partial charge >= 0.3 is 5.97 Å². The van der Waals surface area contributed by atoms with Crippen LogP contribution in [0.15, 0.2) is 18.2 Å². The van der Waals surface area contributed by atoms with Crippen LogP contribution in [-0.4, -0.2) is 29.8 Å². The van der Waals surface area contributed by atoms with Crippen molar-refractivity contribution in [3.8, 4) is 5.75 Å². The van der Waals surface area contributed by atoms with E-state index < -0.39 is 11.8 Å². The number of hydroxylamine groups is 1. The first-order valence-corrected chi connectivity index (χ1v) is 6.36. The molecule has 0 spiro atoms. The second-order valence-corrected chi connectivity index (χ2v) is 5.26. The predicted molar refractivity (Wildman–Crippen MR) is 72.3 cm³/mol. The standard InChI is InChI=1S/C14H20FNO4/c1-14(2,3)20-16-7-4-8-19-12-9-10(15)5-6-11(12)13(17)18/h5-6,9,16H,4,7-8H2,1-3H3,(H,17,18). The van der Waals surface area contributed by atoms with E-state index in [1.54, 1.807) is 0 Å². The number of hydrogen-bond acceptors (Lipinski definition) is 4. The first-order valence-electron chi connectivity index (χ1n) is 6.36. The van der Waals surface area contributed by atoms with Crippen molar-refractivity contribution in [3.63, 3.8) is 0 Å². The van der Waals surface area contributed by atoms with Crippen LogP contribution in [0.25, 0.3) is 0 Å². The topological polar surface area (TPSA) is 67.8 Å². The number of hydrogen-bond donors (Lipinski definition) is 2. The molecule has 0 amide bonds. The number of aromatic carboxylic acids is 1. The van der Waals surface area contributed by atoms with Crippen molar-refractivity contribution in [1.29, 1.82) is 0 Å². The Hall–Kier alpha value is -1.66. The number of carbonyl (C=O) groups is 1. The van der Waals surface area contributed by atoms with E-state index in [2.05, 4.69) is 5.48 Å². The molecule has 1 aromatic rings. The molecule has 0 unspecified atom stereocenters. The maximum atomic E-state index is 13.1. The molecule has 20 heavy (non-hydrogen) atoms. The number of halogens is 1. The van der Waals surface area contributed by atoms with Gasteiger partial charge in [0, 0.05) is 12.6 Å². The van der Waals surface area contributed by atoms with Crippen LogP contribution in [0.4, 0.5) is 4.39 Å². The van der Waals surface area contributed by atoms with E-state index in [0.29, 0.717) is 13.0 Å². The molecule has 0 bridgehead atoms. The molecule has 112 valence electrons. The average Bonchev–Trinajstić information content (AvgIpc) is 2.32. The second kappa shape index (κ2) is 7.21. The summed E-state index contributed by atoms with van der Waals surface area (Å²) in [7, 11) is 0. The van der Waals surface area contributed by atoms with Gasteiger partial charge in [-0.3, -0.25) is 4.84 Å². The number of ether oxygens (including phenoxy) is 1. The Morgan fingerprint density at radius 2 is 2.10 bits per heavy atom. The van der Waals surface area contributed by atoms with Crippen LogP contribution in [0.1, 0.15) is 37.6 Å². The highest BCUT2D eigenvalue weighted by molar-refractivity contribution is 5.90. The lowest BCUT2D eigenvalue weighted by Crippen LogP contribution is -2.30. The highest BCUT2D eigenvalue weighted by Gasteiger charge is 2.12. The zero-order valence-corrected chi connectivity index (χ0v) is 11.9. The summed E-state index contributed by atoms with van der Waals surface area (Å²) in [6.45, 7) is 6.58. The predicted octanol–water partition coefficient (Wildman–Crippen LogP) is 2.61. The third-order valence-electron chi connectivity index (χ3n) is 2.23. The number of benzene rings is 1. The minimum atomic E-state index is -1.14. The van der Waals surface area contributed by atoms with Crippen LogP contribution in [0.3, 0.4) is 0 Å². The first kappa shape index (κ1) is 16.4. The summed E-state index contributed by atoms with van der Waals surface area (Å²) in [5, 5.41) is 8.95. The summed E-state index contributed by atoms with van der Waals surface area (Å²) < 4.78 is 18.4. The Morgan fingerprint density at radius 3 is 2.70 bits per heavy atom. The van der Waals surface area contributed by atoms with E-state index in [9.17, 15) is 9.18 Å². The maximum absolute atomic E-state index is 13.1. The molecule has 0 heterocycles. The molecule has 0 aliphatic carbocycles. The van der Waals surface area contributed by atoms with E-state index in [-0.39, 0.29) is 23.5 Å². The van der Waals surface area contributed by atoms with Gasteiger partial charge in [0.1, 0.15) is 17.1 Å². The van der Waals surface area contributed by atoms with Crippen molar-refractivity contribution in [2.75, 3.05) is 13.2 Å². The van der Waals surface area contributed by atoms with Crippen LogP contribution in [0, 0.1) is 5.82 Å². The fourth-order valence-corrected chi connectivity index (χ4v) is 1.39. The largest absolute Gasteiger partial charge is 0.493 e. The van der Waals surface area contributed by atoms with Gasteiger partial charge in [0.05, 0.1) is 12.2 Å². The quantitative estimate of drug-likeness (QED) is 0.595. The SMILES string of the molecule is CC(C)(C)ONCCCOc1cc(F)ccc1C(=O)O. The third-order valence-corrected chi connectivity index (χ3v) is 2.23. The van der Waals surface area contributed by atoms with Gasteiger partial charge in [-0.1, -0.05) is 0 Å². The molecular formula is C14H20FNO4. The number of carboxylic acids is 1. The van der Waals surface area contributed by atoms with Crippen LogP contribution < -0.4 is 10.2 Å². The van der Waals surface area contributed by atoms with Crippen molar-refractivity contribution in [2.24, 2.45) is 0 Å². The van der Waals surface area contributed by atoms with Gasteiger partial charge in [0.15, 0.2) is 0 Å².